The van der Waals surface area contributed by atoms with Crippen LogP contribution in [0.2, 0.25) is 0 Å². The molecule has 4 rings (SSSR count). The Labute approximate surface area is 165 Å². The molecule has 0 bridgehead atoms. The molecule has 0 atom stereocenters. The highest BCUT2D eigenvalue weighted by Gasteiger charge is 2.19. The van der Waals surface area contributed by atoms with Crippen molar-refractivity contribution < 1.29 is 0 Å². The van der Waals surface area contributed by atoms with Crippen LogP contribution in [0.25, 0.3) is 11.0 Å². The summed E-state index contributed by atoms with van der Waals surface area (Å²) in [5.41, 5.74) is 3.36. The van der Waals surface area contributed by atoms with E-state index in [0.717, 1.165) is 55.5 Å². The van der Waals surface area contributed by atoms with Gasteiger partial charge in [0.25, 0.3) is 0 Å². The van der Waals surface area contributed by atoms with E-state index >= 15 is 0 Å². The SMILES string of the molecule is Cc1ccc(CNc2nc(N3CCN(C)CC3)nc3c2cnn3C)cc1.Cl. The first-order chi connectivity index (χ1) is 12.6. The van der Waals surface area contributed by atoms with E-state index in [2.05, 4.69) is 58.5 Å². The van der Waals surface area contributed by atoms with Crippen LogP contribution in [0, 0.1) is 6.92 Å². The van der Waals surface area contributed by atoms with Crippen LogP contribution in [-0.4, -0.2) is 57.9 Å². The summed E-state index contributed by atoms with van der Waals surface area (Å²) >= 11 is 0. The lowest BCUT2D eigenvalue weighted by Crippen LogP contribution is -2.45. The number of fused-ring (bicyclic) bond motifs is 1. The molecule has 0 saturated carbocycles. The zero-order valence-corrected chi connectivity index (χ0v) is 16.8. The average molecular weight is 388 g/mol. The van der Waals surface area contributed by atoms with Gasteiger partial charge in [-0.05, 0) is 19.5 Å². The number of benzene rings is 1. The standard InChI is InChI=1S/C19H25N7.ClH/c1-14-4-6-15(7-5-14)12-20-17-16-13-21-25(3)18(16)23-19(22-17)26-10-8-24(2)9-11-26;/h4-7,13H,8-12H2,1-3H3,(H,20,22,23);1H. The van der Waals surface area contributed by atoms with Crippen LogP contribution in [0.1, 0.15) is 11.1 Å². The van der Waals surface area contributed by atoms with Crippen LogP contribution in [0.3, 0.4) is 0 Å². The smallest absolute Gasteiger partial charge is 0.229 e. The Morgan fingerprint density at radius 2 is 1.70 bits per heavy atom. The van der Waals surface area contributed by atoms with Gasteiger partial charge < -0.3 is 15.1 Å². The molecule has 0 amide bonds. The van der Waals surface area contributed by atoms with Gasteiger partial charge in [0.2, 0.25) is 5.95 Å². The summed E-state index contributed by atoms with van der Waals surface area (Å²) < 4.78 is 1.81. The minimum absolute atomic E-state index is 0. The highest BCUT2D eigenvalue weighted by atomic mass is 35.5. The van der Waals surface area contributed by atoms with Gasteiger partial charge in [0.15, 0.2) is 5.65 Å². The lowest BCUT2D eigenvalue weighted by molar-refractivity contribution is 0.311. The van der Waals surface area contributed by atoms with Crippen LogP contribution in [-0.2, 0) is 13.6 Å². The molecule has 0 aliphatic carbocycles. The molecule has 8 heteroatoms. The van der Waals surface area contributed by atoms with Gasteiger partial charge >= 0.3 is 0 Å². The minimum atomic E-state index is 0. The Bertz CT molecular complexity index is 898. The number of halogens is 1. The summed E-state index contributed by atoms with van der Waals surface area (Å²) in [7, 11) is 4.07. The van der Waals surface area contributed by atoms with Crippen molar-refractivity contribution in [2.45, 2.75) is 13.5 Å². The molecule has 2 aromatic heterocycles. The number of rotatable bonds is 4. The monoisotopic (exact) mass is 387 g/mol. The fourth-order valence-electron chi connectivity index (χ4n) is 3.18. The van der Waals surface area contributed by atoms with Gasteiger partial charge in [-0.3, -0.25) is 4.68 Å². The van der Waals surface area contributed by atoms with Crippen molar-refractivity contribution in [1.82, 2.24) is 24.6 Å². The lowest BCUT2D eigenvalue weighted by atomic mass is 10.1. The van der Waals surface area contributed by atoms with Crippen molar-refractivity contribution >= 4 is 35.2 Å². The second-order valence-corrected chi connectivity index (χ2v) is 7.01. The first-order valence-electron chi connectivity index (χ1n) is 9.03. The third-order valence-corrected chi connectivity index (χ3v) is 4.95. The van der Waals surface area contributed by atoms with E-state index in [-0.39, 0.29) is 12.4 Å². The number of anilines is 2. The van der Waals surface area contributed by atoms with E-state index in [4.69, 9.17) is 9.97 Å². The van der Waals surface area contributed by atoms with Gasteiger partial charge in [-0.25, -0.2) is 0 Å². The van der Waals surface area contributed by atoms with Crippen molar-refractivity contribution in [3.63, 3.8) is 0 Å². The Hall–Kier alpha value is -2.38. The second-order valence-electron chi connectivity index (χ2n) is 7.01. The number of piperazine rings is 1. The Balaban J connectivity index is 0.00000210. The fraction of sp³-hybridized carbons (Fsp3) is 0.421. The molecule has 0 spiro atoms. The molecule has 144 valence electrons. The van der Waals surface area contributed by atoms with Crippen molar-refractivity contribution in [1.29, 1.82) is 0 Å². The van der Waals surface area contributed by atoms with Gasteiger partial charge in [0.1, 0.15) is 5.82 Å². The molecule has 1 aliphatic heterocycles. The van der Waals surface area contributed by atoms with E-state index < -0.39 is 0 Å². The van der Waals surface area contributed by atoms with Crippen molar-refractivity contribution in [3.05, 3.63) is 41.6 Å². The molecule has 7 nitrogen and oxygen atoms in total. The highest BCUT2D eigenvalue weighted by molar-refractivity contribution is 5.87. The maximum atomic E-state index is 4.83. The third-order valence-electron chi connectivity index (χ3n) is 4.95. The molecular formula is C19H26ClN7. The maximum absolute atomic E-state index is 4.83. The summed E-state index contributed by atoms with van der Waals surface area (Å²) in [6.45, 7) is 6.76. The topological polar surface area (TPSA) is 62.1 Å². The average Bonchev–Trinajstić information content (AvgIpc) is 3.03. The molecule has 0 radical (unpaired) electrons. The molecule has 0 unspecified atom stereocenters. The summed E-state index contributed by atoms with van der Waals surface area (Å²) in [5, 5.41) is 8.81. The summed E-state index contributed by atoms with van der Waals surface area (Å²) in [5.74, 6) is 1.62. The number of hydrogen-bond donors (Lipinski definition) is 1. The summed E-state index contributed by atoms with van der Waals surface area (Å²) in [6.07, 6.45) is 1.83. The van der Waals surface area contributed by atoms with E-state index in [1.54, 1.807) is 0 Å². The highest BCUT2D eigenvalue weighted by Crippen LogP contribution is 2.24. The molecule has 1 N–H and O–H groups in total. The van der Waals surface area contributed by atoms with Gasteiger partial charge in [0.05, 0.1) is 11.6 Å². The van der Waals surface area contributed by atoms with Gasteiger partial charge in [-0.1, -0.05) is 29.8 Å². The molecule has 1 saturated heterocycles. The number of nitrogens with one attached hydrogen (secondary N) is 1. The van der Waals surface area contributed by atoms with Crippen LogP contribution in [0.5, 0.6) is 0 Å². The number of aromatic nitrogens is 4. The zero-order valence-electron chi connectivity index (χ0n) is 16.0. The molecule has 1 aromatic carbocycles. The van der Waals surface area contributed by atoms with Crippen LogP contribution in [0.4, 0.5) is 11.8 Å². The number of hydrogen-bond acceptors (Lipinski definition) is 6. The minimum Gasteiger partial charge on any atom is -0.365 e. The van der Waals surface area contributed by atoms with Crippen LogP contribution < -0.4 is 10.2 Å². The van der Waals surface area contributed by atoms with Crippen LogP contribution in [0.15, 0.2) is 30.5 Å². The molecular weight excluding hydrogens is 362 g/mol. The summed E-state index contributed by atoms with van der Waals surface area (Å²) in [6, 6.07) is 8.55. The molecule has 1 fully saturated rings. The Morgan fingerprint density at radius 1 is 1.00 bits per heavy atom. The predicted molar refractivity (Wildman–Crippen MR) is 112 cm³/mol. The van der Waals surface area contributed by atoms with E-state index in [1.165, 1.54) is 11.1 Å². The van der Waals surface area contributed by atoms with Gasteiger partial charge in [-0.2, -0.15) is 15.1 Å². The van der Waals surface area contributed by atoms with Gasteiger partial charge in [-0.15, -0.1) is 12.4 Å². The first kappa shape index (κ1) is 19.4. The largest absolute Gasteiger partial charge is 0.365 e. The van der Waals surface area contributed by atoms with E-state index in [0.29, 0.717) is 0 Å². The lowest BCUT2D eigenvalue weighted by Gasteiger charge is -2.32. The number of nitrogens with zero attached hydrogens (tertiary/aromatic N) is 6. The van der Waals surface area contributed by atoms with E-state index in [9.17, 15) is 0 Å². The normalized spacial score (nSPS) is 15.0. The maximum Gasteiger partial charge on any atom is 0.229 e. The summed E-state index contributed by atoms with van der Waals surface area (Å²) in [4.78, 5) is 14.2. The first-order valence-corrected chi connectivity index (χ1v) is 9.03. The molecule has 1 aliphatic rings. The second kappa shape index (κ2) is 8.10. The van der Waals surface area contributed by atoms with Crippen LogP contribution >= 0.6 is 12.4 Å². The van der Waals surface area contributed by atoms with Crippen molar-refractivity contribution in [2.75, 3.05) is 43.4 Å². The third kappa shape index (κ3) is 4.14. The Morgan fingerprint density at radius 3 is 2.41 bits per heavy atom. The molecule has 27 heavy (non-hydrogen) atoms. The van der Waals surface area contributed by atoms with Crippen molar-refractivity contribution in [3.8, 4) is 0 Å². The molecule has 3 heterocycles. The quantitative estimate of drug-likeness (QED) is 0.742. The Kier molecular flexibility index (Phi) is 5.82. The van der Waals surface area contributed by atoms with E-state index in [1.807, 2.05) is 17.9 Å². The fourth-order valence-corrected chi connectivity index (χ4v) is 3.18. The number of aryl methyl sites for hydroxylation is 2. The predicted octanol–water partition coefficient (Wildman–Crippen LogP) is 2.46. The zero-order chi connectivity index (χ0) is 18.1. The van der Waals surface area contributed by atoms with Crippen molar-refractivity contribution in [2.24, 2.45) is 7.05 Å². The molecule has 3 aromatic rings. The van der Waals surface area contributed by atoms with Gasteiger partial charge in [0, 0.05) is 39.8 Å². The number of likely N-dealkylation sites (N-methyl/N-ethyl adjacent to an activating group) is 1.